The van der Waals surface area contributed by atoms with Crippen LogP contribution in [0.3, 0.4) is 0 Å². The lowest BCUT2D eigenvalue weighted by Gasteiger charge is -2.25. The number of aliphatic hydroxyl groups is 1. The predicted molar refractivity (Wildman–Crippen MR) is 96.2 cm³/mol. The van der Waals surface area contributed by atoms with Crippen LogP contribution in [-0.2, 0) is 0 Å². The Morgan fingerprint density at radius 3 is 2.48 bits per heavy atom. The molecule has 0 amide bonds. The van der Waals surface area contributed by atoms with Gasteiger partial charge in [0.25, 0.3) is 0 Å². The number of aromatic nitrogens is 2. The molecule has 0 aliphatic rings. The highest BCUT2D eigenvalue weighted by atomic mass is 16.3. The lowest BCUT2D eigenvalue weighted by molar-refractivity contribution is 0.301. The zero-order valence-electron chi connectivity index (χ0n) is 13.9. The van der Waals surface area contributed by atoms with Crippen molar-refractivity contribution in [2.24, 2.45) is 5.92 Å². The van der Waals surface area contributed by atoms with Crippen molar-refractivity contribution in [1.82, 2.24) is 9.97 Å². The largest absolute Gasteiger partial charge is 0.395 e. The van der Waals surface area contributed by atoms with Gasteiger partial charge in [-0.25, -0.2) is 9.97 Å². The zero-order valence-corrected chi connectivity index (χ0v) is 13.9. The minimum Gasteiger partial charge on any atom is -0.395 e. The van der Waals surface area contributed by atoms with Crippen LogP contribution in [0.1, 0.15) is 31.5 Å². The summed E-state index contributed by atoms with van der Waals surface area (Å²) >= 11 is 0. The van der Waals surface area contributed by atoms with Gasteiger partial charge in [-0.1, -0.05) is 32.1 Å². The number of aliphatic hydroxyl groups excluding tert-OH is 1. The molecular weight excluding hydrogens is 286 g/mol. The van der Waals surface area contributed by atoms with Crippen LogP contribution < -0.4 is 4.90 Å². The fourth-order valence-electron chi connectivity index (χ4n) is 2.28. The minimum absolute atomic E-state index is 0.174. The first kappa shape index (κ1) is 17.2. The van der Waals surface area contributed by atoms with Crippen LogP contribution in [0, 0.1) is 5.92 Å². The molecule has 0 aliphatic heterocycles. The number of nitrogens with zero attached hydrogens (tertiary/aromatic N) is 3. The monoisotopic (exact) mass is 311 g/mol. The van der Waals surface area contributed by atoms with Gasteiger partial charge in [-0.3, -0.25) is 0 Å². The maximum absolute atomic E-state index is 9.26. The van der Waals surface area contributed by atoms with Crippen molar-refractivity contribution in [3.05, 3.63) is 54.1 Å². The van der Waals surface area contributed by atoms with E-state index in [1.54, 1.807) is 12.5 Å². The second-order valence-corrected chi connectivity index (χ2v) is 5.95. The van der Waals surface area contributed by atoms with Gasteiger partial charge in [0.2, 0.25) is 0 Å². The highest BCUT2D eigenvalue weighted by Gasteiger charge is 2.06. The molecule has 1 N–H and O–H groups in total. The molecule has 0 unspecified atom stereocenters. The summed E-state index contributed by atoms with van der Waals surface area (Å²) in [6, 6.07) is 10.3. The summed E-state index contributed by atoms with van der Waals surface area (Å²) in [5, 5.41) is 9.26. The Hall–Kier alpha value is -2.20. The molecule has 0 atom stereocenters. The Kier molecular flexibility index (Phi) is 6.76. The van der Waals surface area contributed by atoms with Gasteiger partial charge in [-0.15, -0.1) is 0 Å². The smallest absolute Gasteiger partial charge is 0.115 e. The van der Waals surface area contributed by atoms with E-state index in [1.165, 1.54) is 0 Å². The fraction of sp³-hybridized carbons (Fsp3) is 0.368. The lowest BCUT2D eigenvalue weighted by Crippen LogP contribution is -2.28. The van der Waals surface area contributed by atoms with E-state index in [1.807, 2.05) is 18.2 Å². The first-order valence-electron chi connectivity index (χ1n) is 8.09. The summed E-state index contributed by atoms with van der Waals surface area (Å²) in [7, 11) is 0. The maximum Gasteiger partial charge on any atom is 0.115 e. The molecule has 0 saturated carbocycles. The molecule has 4 nitrogen and oxygen atoms in total. The standard InChI is InChI=1S/C19H25N3O/c1-16(2)10-12-22(13-14-23)19-7-4-17(5-8-19)3-6-18-9-11-20-15-21-18/h3-9,11,15-16,23H,10,12-14H2,1-2H3/b6-3+. The summed E-state index contributed by atoms with van der Waals surface area (Å²) in [6.07, 6.45) is 8.41. The number of hydrogen-bond acceptors (Lipinski definition) is 4. The maximum atomic E-state index is 9.26. The Morgan fingerprint density at radius 1 is 1.09 bits per heavy atom. The topological polar surface area (TPSA) is 49.2 Å². The number of benzene rings is 1. The predicted octanol–water partition coefficient (Wildman–Crippen LogP) is 3.49. The molecular formula is C19H25N3O. The van der Waals surface area contributed by atoms with Crippen molar-refractivity contribution in [2.45, 2.75) is 20.3 Å². The van der Waals surface area contributed by atoms with Gasteiger partial charge in [0.05, 0.1) is 12.3 Å². The average molecular weight is 311 g/mol. The van der Waals surface area contributed by atoms with Crippen LogP contribution in [0.5, 0.6) is 0 Å². The molecule has 1 heterocycles. The first-order valence-corrected chi connectivity index (χ1v) is 8.09. The normalized spacial score (nSPS) is 11.3. The van der Waals surface area contributed by atoms with E-state index in [-0.39, 0.29) is 6.61 Å². The van der Waals surface area contributed by atoms with Crippen molar-refractivity contribution in [3.8, 4) is 0 Å². The van der Waals surface area contributed by atoms with Crippen molar-refractivity contribution in [3.63, 3.8) is 0 Å². The molecule has 0 bridgehead atoms. The van der Waals surface area contributed by atoms with E-state index in [4.69, 9.17) is 0 Å². The molecule has 1 aromatic carbocycles. The van der Waals surface area contributed by atoms with E-state index < -0.39 is 0 Å². The van der Waals surface area contributed by atoms with Gasteiger partial charge < -0.3 is 10.0 Å². The quantitative estimate of drug-likeness (QED) is 0.811. The van der Waals surface area contributed by atoms with Gasteiger partial charge in [-0.2, -0.15) is 0 Å². The Balaban J connectivity index is 2.03. The van der Waals surface area contributed by atoms with Crippen molar-refractivity contribution in [2.75, 3.05) is 24.6 Å². The van der Waals surface area contributed by atoms with E-state index >= 15 is 0 Å². The Morgan fingerprint density at radius 2 is 1.87 bits per heavy atom. The van der Waals surface area contributed by atoms with Crippen LogP contribution in [0.15, 0.2) is 42.9 Å². The number of rotatable bonds is 8. The second kappa shape index (κ2) is 9.06. The van der Waals surface area contributed by atoms with Gasteiger partial charge >= 0.3 is 0 Å². The zero-order chi connectivity index (χ0) is 16.5. The second-order valence-electron chi connectivity index (χ2n) is 5.95. The van der Waals surface area contributed by atoms with Crippen molar-refractivity contribution in [1.29, 1.82) is 0 Å². The van der Waals surface area contributed by atoms with E-state index in [0.717, 1.165) is 29.9 Å². The molecule has 2 rings (SSSR count). The highest BCUT2D eigenvalue weighted by Crippen LogP contribution is 2.18. The molecule has 0 fully saturated rings. The first-order chi connectivity index (χ1) is 11.2. The average Bonchev–Trinajstić information content (AvgIpc) is 2.58. The lowest BCUT2D eigenvalue weighted by atomic mass is 10.1. The van der Waals surface area contributed by atoms with Crippen LogP contribution in [-0.4, -0.2) is 34.8 Å². The molecule has 0 spiro atoms. The van der Waals surface area contributed by atoms with Crippen LogP contribution >= 0.6 is 0 Å². The molecule has 23 heavy (non-hydrogen) atoms. The summed E-state index contributed by atoms with van der Waals surface area (Å²) in [5.41, 5.74) is 3.17. The third kappa shape index (κ3) is 5.83. The van der Waals surface area contributed by atoms with Crippen LogP contribution in [0.2, 0.25) is 0 Å². The molecule has 0 aliphatic carbocycles. The van der Waals surface area contributed by atoms with Crippen molar-refractivity contribution >= 4 is 17.8 Å². The third-order valence-corrected chi connectivity index (χ3v) is 3.66. The van der Waals surface area contributed by atoms with E-state index in [0.29, 0.717) is 12.5 Å². The van der Waals surface area contributed by atoms with Gasteiger partial charge in [0.1, 0.15) is 6.33 Å². The highest BCUT2D eigenvalue weighted by molar-refractivity contribution is 5.68. The SMILES string of the molecule is CC(C)CCN(CCO)c1ccc(/C=C/c2ccncn2)cc1. The molecule has 2 aromatic rings. The van der Waals surface area contributed by atoms with E-state index in [9.17, 15) is 5.11 Å². The van der Waals surface area contributed by atoms with Gasteiger partial charge in [0, 0.05) is 25.0 Å². The Labute approximate surface area is 138 Å². The molecule has 1 aromatic heterocycles. The number of hydrogen-bond donors (Lipinski definition) is 1. The molecule has 0 saturated heterocycles. The summed E-state index contributed by atoms with van der Waals surface area (Å²) in [5.74, 6) is 0.659. The summed E-state index contributed by atoms with van der Waals surface area (Å²) < 4.78 is 0. The van der Waals surface area contributed by atoms with Crippen LogP contribution in [0.4, 0.5) is 5.69 Å². The van der Waals surface area contributed by atoms with Gasteiger partial charge in [-0.05, 0) is 42.2 Å². The van der Waals surface area contributed by atoms with E-state index in [2.05, 4.69) is 53.0 Å². The minimum atomic E-state index is 0.174. The molecule has 0 radical (unpaired) electrons. The Bertz CT molecular complexity index is 594. The van der Waals surface area contributed by atoms with Crippen molar-refractivity contribution < 1.29 is 5.11 Å². The fourth-order valence-corrected chi connectivity index (χ4v) is 2.28. The molecule has 122 valence electrons. The number of anilines is 1. The summed E-state index contributed by atoms with van der Waals surface area (Å²) in [4.78, 5) is 10.3. The summed E-state index contributed by atoms with van der Waals surface area (Å²) in [6.45, 7) is 6.25. The van der Waals surface area contributed by atoms with Gasteiger partial charge in [0.15, 0.2) is 0 Å². The molecule has 4 heteroatoms. The van der Waals surface area contributed by atoms with Crippen LogP contribution in [0.25, 0.3) is 12.2 Å². The third-order valence-electron chi connectivity index (χ3n) is 3.66.